The van der Waals surface area contributed by atoms with Crippen LogP contribution >= 0.6 is 0 Å². The Kier molecular flexibility index (Phi) is 4.08. The normalized spacial score (nSPS) is 20.2. The van der Waals surface area contributed by atoms with Gasteiger partial charge in [-0.1, -0.05) is 0 Å². The molecule has 0 aliphatic carbocycles. The van der Waals surface area contributed by atoms with Gasteiger partial charge in [0.2, 0.25) is 0 Å². The van der Waals surface area contributed by atoms with Crippen molar-refractivity contribution in [1.29, 1.82) is 0 Å². The van der Waals surface area contributed by atoms with Crippen molar-refractivity contribution >= 4 is 6.09 Å². The number of rotatable bonds is 1. The Morgan fingerprint density at radius 2 is 2.00 bits per heavy atom. The molecule has 19 heavy (non-hydrogen) atoms. The van der Waals surface area contributed by atoms with Crippen molar-refractivity contribution in [2.75, 3.05) is 6.54 Å². The molecule has 1 aliphatic rings. The van der Waals surface area contributed by atoms with Crippen LogP contribution in [0.1, 0.15) is 51.6 Å². The summed E-state index contributed by atoms with van der Waals surface area (Å²) in [5.74, 6) is 0. The van der Waals surface area contributed by atoms with Crippen molar-refractivity contribution in [2.45, 2.75) is 51.7 Å². The lowest BCUT2D eigenvalue weighted by molar-refractivity contribution is 0.00950. The first-order chi connectivity index (χ1) is 8.97. The molecule has 104 valence electrons. The Hall–Kier alpha value is -1.58. The van der Waals surface area contributed by atoms with Crippen LogP contribution in [0.15, 0.2) is 24.5 Å². The molecular weight excluding hydrogens is 240 g/mol. The summed E-state index contributed by atoms with van der Waals surface area (Å²) in [6, 6.07) is 4.08. The summed E-state index contributed by atoms with van der Waals surface area (Å²) in [7, 11) is 0. The quantitative estimate of drug-likeness (QED) is 0.777. The van der Waals surface area contributed by atoms with E-state index < -0.39 is 5.60 Å². The average Bonchev–Trinajstić information content (AvgIpc) is 2.38. The zero-order valence-electron chi connectivity index (χ0n) is 11.9. The third-order valence-corrected chi connectivity index (χ3v) is 3.22. The summed E-state index contributed by atoms with van der Waals surface area (Å²) in [6.45, 7) is 6.46. The Balaban J connectivity index is 2.15. The van der Waals surface area contributed by atoms with Crippen LogP contribution in [-0.4, -0.2) is 28.1 Å². The molecule has 1 amide bonds. The first kappa shape index (κ1) is 13.8. The van der Waals surface area contributed by atoms with Crippen molar-refractivity contribution in [3.63, 3.8) is 0 Å². The molecule has 1 fully saturated rings. The van der Waals surface area contributed by atoms with E-state index in [2.05, 4.69) is 4.98 Å². The van der Waals surface area contributed by atoms with Gasteiger partial charge in [0.05, 0.1) is 6.04 Å². The van der Waals surface area contributed by atoms with Crippen molar-refractivity contribution in [1.82, 2.24) is 9.88 Å². The molecule has 1 aliphatic heterocycles. The predicted octanol–water partition coefficient (Wildman–Crippen LogP) is 3.54. The molecule has 0 saturated carbocycles. The fourth-order valence-corrected chi connectivity index (χ4v) is 2.40. The van der Waals surface area contributed by atoms with Crippen molar-refractivity contribution < 1.29 is 9.53 Å². The van der Waals surface area contributed by atoms with Crippen LogP contribution in [0.4, 0.5) is 4.79 Å². The number of pyridine rings is 1. The molecule has 0 unspecified atom stereocenters. The van der Waals surface area contributed by atoms with Crippen molar-refractivity contribution in [3.8, 4) is 0 Å². The number of carbonyl (C=O) groups excluding carboxylic acids is 1. The number of carbonyl (C=O) groups is 1. The summed E-state index contributed by atoms with van der Waals surface area (Å²) in [4.78, 5) is 18.2. The number of ether oxygens (including phenoxy) is 1. The second kappa shape index (κ2) is 5.59. The van der Waals surface area contributed by atoms with Gasteiger partial charge in [0, 0.05) is 18.9 Å². The molecule has 1 aromatic heterocycles. The minimum atomic E-state index is -0.447. The molecule has 1 atom stereocenters. The maximum atomic E-state index is 12.3. The minimum absolute atomic E-state index is 0.117. The number of nitrogens with zero attached hydrogens (tertiary/aromatic N) is 2. The Labute approximate surface area is 114 Å². The number of aromatic nitrogens is 1. The molecule has 4 nitrogen and oxygen atoms in total. The highest BCUT2D eigenvalue weighted by atomic mass is 16.6. The van der Waals surface area contributed by atoms with Gasteiger partial charge in [0.15, 0.2) is 0 Å². The predicted molar refractivity (Wildman–Crippen MR) is 73.8 cm³/mol. The first-order valence-electron chi connectivity index (χ1n) is 6.87. The lowest BCUT2D eigenvalue weighted by atomic mass is 9.96. The van der Waals surface area contributed by atoms with Gasteiger partial charge in [-0.2, -0.15) is 0 Å². The van der Waals surface area contributed by atoms with E-state index in [0.29, 0.717) is 0 Å². The zero-order valence-corrected chi connectivity index (χ0v) is 11.9. The molecule has 0 bridgehead atoms. The maximum Gasteiger partial charge on any atom is 0.410 e. The van der Waals surface area contributed by atoms with E-state index in [1.807, 2.05) is 37.8 Å². The molecule has 2 heterocycles. The Morgan fingerprint density at radius 1 is 1.32 bits per heavy atom. The van der Waals surface area contributed by atoms with Gasteiger partial charge >= 0.3 is 6.09 Å². The first-order valence-corrected chi connectivity index (χ1v) is 6.87. The number of hydrogen-bond acceptors (Lipinski definition) is 3. The maximum absolute atomic E-state index is 12.3. The molecular formula is C15H22N2O2. The van der Waals surface area contributed by atoms with E-state index >= 15 is 0 Å². The summed E-state index contributed by atoms with van der Waals surface area (Å²) < 4.78 is 5.50. The lowest BCUT2D eigenvalue weighted by Gasteiger charge is -2.37. The number of hydrogen-bond donors (Lipinski definition) is 0. The van der Waals surface area contributed by atoms with Crippen molar-refractivity contribution in [3.05, 3.63) is 30.1 Å². The second-order valence-electron chi connectivity index (χ2n) is 5.97. The van der Waals surface area contributed by atoms with Crippen LogP contribution in [-0.2, 0) is 4.74 Å². The van der Waals surface area contributed by atoms with E-state index in [-0.39, 0.29) is 12.1 Å². The highest BCUT2D eigenvalue weighted by Crippen LogP contribution is 2.31. The van der Waals surface area contributed by atoms with Crippen LogP contribution in [0, 0.1) is 0 Å². The van der Waals surface area contributed by atoms with E-state index in [1.165, 1.54) is 0 Å². The smallest absolute Gasteiger partial charge is 0.410 e. The Morgan fingerprint density at radius 3 is 2.63 bits per heavy atom. The summed E-state index contributed by atoms with van der Waals surface area (Å²) >= 11 is 0. The average molecular weight is 262 g/mol. The third kappa shape index (κ3) is 3.69. The molecule has 1 aromatic rings. The van der Waals surface area contributed by atoms with Crippen LogP contribution in [0.3, 0.4) is 0 Å². The van der Waals surface area contributed by atoms with Gasteiger partial charge < -0.3 is 9.64 Å². The second-order valence-corrected chi connectivity index (χ2v) is 5.97. The minimum Gasteiger partial charge on any atom is -0.444 e. The van der Waals surface area contributed by atoms with Crippen LogP contribution in [0.25, 0.3) is 0 Å². The van der Waals surface area contributed by atoms with Gasteiger partial charge in [-0.05, 0) is 57.7 Å². The summed E-state index contributed by atoms with van der Waals surface area (Å²) in [5, 5.41) is 0. The van der Waals surface area contributed by atoms with E-state index in [4.69, 9.17) is 4.74 Å². The highest BCUT2D eigenvalue weighted by molar-refractivity contribution is 5.69. The van der Waals surface area contributed by atoms with E-state index in [9.17, 15) is 4.79 Å². The van der Waals surface area contributed by atoms with Gasteiger partial charge in [0.25, 0.3) is 0 Å². The van der Waals surface area contributed by atoms with E-state index in [0.717, 1.165) is 31.4 Å². The number of amides is 1. The largest absolute Gasteiger partial charge is 0.444 e. The molecule has 0 N–H and O–H groups in total. The summed E-state index contributed by atoms with van der Waals surface area (Å²) in [6.07, 6.45) is 6.51. The molecule has 0 aromatic carbocycles. The van der Waals surface area contributed by atoms with Crippen LogP contribution in [0.5, 0.6) is 0 Å². The molecule has 0 radical (unpaired) electrons. The monoisotopic (exact) mass is 262 g/mol. The third-order valence-electron chi connectivity index (χ3n) is 3.22. The number of likely N-dealkylation sites (tertiary alicyclic amines) is 1. The number of piperidine rings is 1. The lowest BCUT2D eigenvalue weighted by Crippen LogP contribution is -2.41. The molecule has 2 rings (SSSR count). The fourth-order valence-electron chi connectivity index (χ4n) is 2.40. The van der Waals surface area contributed by atoms with Gasteiger partial charge in [-0.3, -0.25) is 4.98 Å². The van der Waals surface area contributed by atoms with Gasteiger partial charge in [-0.25, -0.2) is 4.79 Å². The molecule has 0 spiro atoms. The molecule has 1 saturated heterocycles. The van der Waals surface area contributed by atoms with E-state index in [1.54, 1.807) is 12.4 Å². The highest BCUT2D eigenvalue weighted by Gasteiger charge is 2.31. The van der Waals surface area contributed by atoms with Gasteiger partial charge in [0.1, 0.15) is 5.60 Å². The molecule has 4 heteroatoms. The Bertz CT molecular complexity index is 426. The van der Waals surface area contributed by atoms with Crippen molar-refractivity contribution in [2.24, 2.45) is 0 Å². The van der Waals surface area contributed by atoms with Gasteiger partial charge in [-0.15, -0.1) is 0 Å². The fraction of sp³-hybridized carbons (Fsp3) is 0.600. The standard InChI is InChI=1S/C15H22N2O2/c1-15(2,3)19-14(18)17-11-5-4-6-13(17)12-7-9-16-10-8-12/h7-10,13H,4-6,11H2,1-3H3/t13-/m0/s1. The topological polar surface area (TPSA) is 42.4 Å². The summed E-state index contributed by atoms with van der Waals surface area (Å²) in [5.41, 5.74) is 0.692. The SMILES string of the molecule is CC(C)(C)OC(=O)N1CCCC[C@H]1c1ccncc1. The van der Waals surface area contributed by atoms with Crippen LogP contribution < -0.4 is 0 Å². The zero-order chi connectivity index (χ0) is 13.9. The van der Waals surface area contributed by atoms with Crippen LogP contribution in [0.2, 0.25) is 0 Å².